The van der Waals surface area contributed by atoms with E-state index in [1.807, 2.05) is 33.3 Å². The predicted molar refractivity (Wildman–Crippen MR) is 323 cm³/mol. The van der Waals surface area contributed by atoms with E-state index in [4.69, 9.17) is 24.9 Å². The van der Waals surface area contributed by atoms with Crippen molar-refractivity contribution < 1.29 is 43.0 Å². The molecule has 83 heavy (non-hydrogen) atoms. The third-order valence-electron chi connectivity index (χ3n) is 16.2. The fourth-order valence-corrected chi connectivity index (χ4v) is 13.1. The van der Waals surface area contributed by atoms with Crippen LogP contribution in [0, 0.1) is 0 Å². The first-order chi connectivity index (χ1) is 40.5. The van der Waals surface area contributed by atoms with Gasteiger partial charge in [0, 0.05) is 145 Å². The van der Waals surface area contributed by atoms with Gasteiger partial charge in [-0.15, -0.1) is 0 Å². The highest BCUT2D eigenvalue weighted by Crippen LogP contribution is 2.38. The van der Waals surface area contributed by atoms with Crippen LogP contribution in [0.3, 0.4) is 0 Å². The molecule has 0 unspecified atom stereocenters. The fourth-order valence-electron chi connectivity index (χ4n) is 11.6. The molecule has 0 saturated carbocycles. The zero-order chi connectivity index (χ0) is 58.2. The molecular weight excluding hydrogens is 1070 g/mol. The number of fused-ring (bicyclic) bond motifs is 2. The summed E-state index contributed by atoms with van der Waals surface area (Å²) in [6.45, 7) is 8.49. The van der Waals surface area contributed by atoms with Gasteiger partial charge >= 0.3 is 6.03 Å². The van der Waals surface area contributed by atoms with E-state index in [9.17, 15) is 28.8 Å². The van der Waals surface area contributed by atoms with E-state index < -0.39 is 0 Å². The monoisotopic (exact) mass is 1160 g/mol. The number of carbonyl (C=O) groups is 6. The maximum atomic E-state index is 13.8. The van der Waals surface area contributed by atoms with Gasteiger partial charge in [0.2, 0.25) is 5.91 Å². The third-order valence-corrected chi connectivity index (χ3v) is 17.7. The number of nitrogens with two attached hydrogens (primary N) is 1. The largest absolute Gasteiger partial charge is 0.496 e. The summed E-state index contributed by atoms with van der Waals surface area (Å²) in [5.74, 6) is 3.08. The van der Waals surface area contributed by atoms with Crippen molar-refractivity contribution in [2.24, 2.45) is 0 Å². The second-order valence-electron chi connectivity index (χ2n) is 22.3. The van der Waals surface area contributed by atoms with Crippen molar-refractivity contribution in [2.75, 3.05) is 96.2 Å². The van der Waals surface area contributed by atoms with Gasteiger partial charge in [-0.2, -0.15) is 11.8 Å². The summed E-state index contributed by atoms with van der Waals surface area (Å²) < 4.78 is 19.2. The lowest BCUT2D eigenvalue weighted by molar-refractivity contribution is -0.127. The number of hydrogen-bond donors (Lipinski definition) is 4. The molecule has 1 aromatic carbocycles. The number of piperazine rings is 1. The summed E-state index contributed by atoms with van der Waals surface area (Å²) in [6.07, 6.45) is 24.4. The molecule has 0 bridgehead atoms. The number of urea groups is 1. The normalized spacial score (nSPS) is 19.1. The molecule has 4 saturated heterocycles. The maximum absolute atomic E-state index is 13.8. The SMILES string of the molecule is COc1cc(-c2nc([C@@H]3CCCN3C(=O)/C=C/CN3CCN(CCCC(=O)CCCC(=O)CCCCOCCCCCOCCCCC(=O)CCCC[C@@H]4SC[C@@H]5NC(=O)N[C@@H]54)CC3)n3ccnc(N)c23)ccc1C(=O)Nc1ccccn1. The van der Waals surface area contributed by atoms with Crippen molar-refractivity contribution in [3.05, 3.63) is 78.5 Å². The number of benzene rings is 1. The molecular formula is C62H87N11O9S. The quantitative estimate of drug-likeness (QED) is 0.0188. The highest BCUT2D eigenvalue weighted by Gasteiger charge is 2.42. The van der Waals surface area contributed by atoms with Crippen LogP contribution in [-0.4, -0.2) is 172 Å². The lowest BCUT2D eigenvalue weighted by Gasteiger charge is -2.34. The highest BCUT2D eigenvalue weighted by atomic mass is 32.2. The molecule has 4 amide bonds. The molecule has 4 atom stereocenters. The third kappa shape index (κ3) is 19.1. The number of Topliss-reactive ketones (excluding diaryl/α,β-unsaturated/α-hetero) is 3. The van der Waals surface area contributed by atoms with Gasteiger partial charge < -0.3 is 45.7 Å². The standard InChI is InChI=1S/C62H87N11O9S/c1-80-52-43-45(27-28-49(52)61(78)67-54-25-5-8-29-64-54)56-58-59(63)65-30-34-73(58)60(68-56)51-23-15-33-72(51)55(77)26-16-32-71-37-35-70(36-38-71)31-14-22-48(76)21-13-20-47(75)19-7-12-42-82-40-10-2-9-39-81-41-11-6-18-46(74)17-3-4-24-53-57-50(44-83-53)66-62(79)69-57/h5,8,16,25-30,34,43,50-51,53,57H,2-4,6-7,9-15,17-24,31-33,35-42,44H2,1H3,(H2,63,65)(H,64,67,78)(H2,66,69,79)/b26-16+/t50-,51-,53-,57-/m0/s1. The Morgan fingerprint density at radius 2 is 1.43 bits per heavy atom. The maximum Gasteiger partial charge on any atom is 0.315 e. The van der Waals surface area contributed by atoms with Gasteiger partial charge in [0.1, 0.15) is 51.8 Å². The lowest BCUT2D eigenvalue weighted by atomic mass is 10.0. The van der Waals surface area contributed by atoms with Gasteiger partial charge in [-0.3, -0.25) is 33.3 Å². The Morgan fingerprint density at radius 3 is 2.13 bits per heavy atom. The van der Waals surface area contributed by atoms with Crippen molar-refractivity contribution in [1.29, 1.82) is 0 Å². The smallest absolute Gasteiger partial charge is 0.315 e. The number of nitrogen functional groups attached to an aromatic ring is 1. The van der Waals surface area contributed by atoms with Gasteiger partial charge in [-0.25, -0.2) is 19.7 Å². The first-order valence-corrected chi connectivity index (χ1v) is 31.4. The minimum Gasteiger partial charge on any atom is -0.496 e. The van der Waals surface area contributed by atoms with E-state index >= 15 is 0 Å². The number of nitrogens with one attached hydrogen (secondary N) is 3. The van der Waals surface area contributed by atoms with Gasteiger partial charge in [-0.1, -0.05) is 24.6 Å². The van der Waals surface area contributed by atoms with Crippen LogP contribution in [0.5, 0.6) is 5.75 Å². The summed E-state index contributed by atoms with van der Waals surface area (Å²) in [5, 5.41) is 9.27. The van der Waals surface area contributed by atoms with E-state index in [1.165, 1.54) is 7.11 Å². The molecule has 21 heteroatoms. The first-order valence-electron chi connectivity index (χ1n) is 30.4. The number of aromatic nitrogens is 4. The summed E-state index contributed by atoms with van der Waals surface area (Å²) >= 11 is 1.93. The van der Waals surface area contributed by atoms with Crippen molar-refractivity contribution in [2.45, 2.75) is 152 Å². The fraction of sp³-hybridized carbons (Fsp3) is 0.597. The van der Waals surface area contributed by atoms with Crippen LogP contribution in [0.15, 0.2) is 67.1 Å². The lowest BCUT2D eigenvalue weighted by Crippen LogP contribution is -2.46. The van der Waals surface area contributed by atoms with Crippen LogP contribution in [-0.2, 0) is 28.7 Å². The molecule has 3 aromatic heterocycles. The highest BCUT2D eigenvalue weighted by molar-refractivity contribution is 8.00. The number of unbranched alkanes of at least 4 members (excludes halogenated alkanes) is 5. The van der Waals surface area contributed by atoms with Crippen molar-refractivity contribution in [3.63, 3.8) is 0 Å². The molecule has 8 rings (SSSR count). The summed E-state index contributed by atoms with van der Waals surface area (Å²) in [4.78, 5) is 96.3. The molecule has 5 N–H and O–H groups in total. The number of likely N-dealkylation sites (tertiary alicyclic amines) is 1. The first kappa shape index (κ1) is 62.8. The molecule has 450 valence electrons. The Kier molecular flexibility index (Phi) is 25.2. The molecule has 4 aliphatic heterocycles. The molecule has 4 aromatic rings. The Balaban J connectivity index is 0.610. The average Bonchev–Trinajstić information content (AvgIpc) is 4.51. The second-order valence-corrected chi connectivity index (χ2v) is 23.6. The number of hydrogen-bond acceptors (Lipinski definition) is 16. The molecule has 7 heterocycles. The molecule has 20 nitrogen and oxygen atoms in total. The summed E-state index contributed by atoms with van der Waals surface area (Å²) in [6, 6.07) is 10.7. The topological polar surface area (TPSA) is 245 Å². The number of nitrogens with zero attached hydrogens (tertiary/aromatic N) is 7. The van der Waals surface area contributed by atoms with Crippen LogP contribution in [0.1, 0.15) is 151 Å². The minimum absolute atomic E-state index is 0.0485. The Hall–Kier alpha value is -6.26. The number of ether oxygens (including phenoxy) is 3. The number of methoxy groups -OCH3 is 1. The van der Waals surface area contributed by atoms with Crippen LogP contribution >= 0.6 is 11.8 Å². The zero-order valence-electron chi connectivity index (χ0n) is 48.6. The van der Waals surface area contributed by atoms with E-state index in [0.717, 1.165) is 129 Å². The van der Waals surface area contributed by atoms with Gasteiger partial charge in [0.25, 0.3) is 5.91 Å². The van der Waals surface area contributed by atoms with E-state index in [1.54, 1.807) is 54.9 Å². The number of imidazole rings is 1. The second kappa shape index (κ2) is 33.3. The van der Waals surface area contributed by atoms with E-state index in [2.05, 4.69) is 35.7 Å². The van der Waals surface area contributed by atoms with E-state index in [0.29, 0.717) is 134 Å². The number of thioether (sulfide) groups is 1. The van der Waals surface area contributed by atoms with Crippen LogP contribution < -0.4 is 26.4 Å². The van der Waals surface area contributed by atoms with Crippen LogP contribution in [0.2, 0.25) is 0 Å². The van der Waals surface area contributed by atoms with Crippen LogP contribution in [0.25, 0.3) is 16.8 Å². The average molecular weight is 1160 g/mol. The number of ketones is 3. The van der Waals surface area contributed by atoms with E-state index in [-0.39, 0.29) is 47.5 Å². The number of pyridine rings is 1. The molecule has 4 fully saturated rings. The predicted octanol–water partition coefficient (Wildman–Crippen LogP) is 8.40. The van der Waals surface area contributed by atoms with Crippen molar-refractivity contribution in [1.82, 2.24) is 44.7 Å². The molecule has 4 aliphatic rings. The molecule has 0 aliphatic carbocycles. The summed E-state index contributed by atoms with van der Waals surface area (Å²) in [7, 11) is 1.51. The van der Waals surface area contributed by atoms with Crippen molar-refractivity contribution in [3.8, 4) is 17.0 Å². The molecule has 0 radical (unpaired) electrons. The summed E-state index contributed by atoms with van der Waals surface area (Å²) in [5.41, 5.74) is 8.69. The number of anilines is 2. The van der Waals surface area contributed by atoms with Crippen LogP contribution in [0.4, 0.5) is 16.4 Å². The van der Waals surface area contributed by atoms with Gasteiger partial charge in [0.05, 0.1) is 30.8 Å². The van der Waals surface area contributed by atoms with Gasteiger partial charge in [0.15, 0.2) is 0 Å². The number of rotatable bonds is 37. The zero-order valence-corrected chi connectivity index (χ0v) is 49.4. The molecule has 0 spiro atoms. The number of amides is 4. The Morgan fingerprint density at radius 1 is 0.759 bits per heavy atom. The van der Waals surface area contributed by atoms with Gasteiger partial charge in [-0.05, 0) is 114 Å². The number of carbonyl (C=O) groups excluding carboxylic acids is 6. The minimum atomic E-state index is -0.364. The van der Waals surface area contributed by atoms with Crippen molar-refractivity contribution >= 4 is 64.1 Å². The Bertz CT molecular complexity index is 2790. The Labute approximate surface area is 493 Å².